The highest BCUT2D eigenvalue weighted by atomic mass is 79.9. The minimum atomic E-state index is -0.0906. The lowest BCUT2D eigenvalue weighted by Crippen LogP contribution is -2.31. The zero-order valence-electron chi connectivity index (χ0n) is 9.38. The van der Waals surface area contributed by atoms with E-state index in [9.17, 15) is 4.79 Å². The minimum Gasteiger partial charge on any atom is -0.508 e. The molecule has 5 heteroatoms. The molecule has 1 aromatic rings. The van der Waals surface area contributed by atoms with Gasteiger partial charge in [-0.1, -0.05) is 22.0 Å². The molecular weight excluding hydrogens is 305 g/mol. The van der Waals surface area contributed by atoms with Gasteiger partial charge in [-0.25, -0.2) is 0 Å². The van der Waals surface area contributed by atoms with Gasteiger partial charge in [0.25, 0.3) is 5.91 Å². The zero-order chi connectivity index (χ0) is 12.7. The average molecular weight is 321 g/mol. The molecule has 0 radical (unpaired) electrons. The van der Waals surface area contributed by atoms with Crippen LogP contribution in [0.25, 0.3) is 0 Å². The van der Waals surface area contributed by atoms with E-state index in [0.29, 0.717) is 12.1 Å². The van der Waals surface area contributed by atoms with Crippen LogP contribution in [0.1, 0.15) is 22.3 Å². The maximum absolute atomic E-state index is 11.2. The van der Waals surface area contributed by atoms with E-state index in [-0.39, 0.29) is 11.7 Å². The maximum Gasteiger partial charge on any atom is 0.251 e. The zero-order valence-corrected chi connectivity index (χ0v) is 11.7. The number of nitrogens with one attached hydrogen (secondary N) is 1. The molecule has 2 N–H and O–H groups in total. The molecule has 94 valence electrons. The molecule has 0 saturated carbocycles. The first-order valence-electron chi connectivity index (χ1n) is 5.41. The van der Waals surface area contributed by atoms with Crippen LogP contribution in [0.3, 0.4) is 0 Å². The van der Waals surface area contributed by atoms with E-state index in [2.05, 4.69) is 21.2 Å². The van der Waals surface area contributed by atoms with Gasteiger partial charge in [0.2, 0.25) is 0 Å². The molecule has 0 atom stereocenters. The van der Waals surface area contributed by atoms with Gasteiger partial charge in [-0.2, -0.15) is 0 Å². The fourth-order valence-electron chi connectivity index (χ4n) is 1.45. The third-order valence-electron chi connectivity index (χ3n) is 2.29. The average Bonchev–Trinajstić information content (AvgIpc) is 2.32. The number of rotatable bonds is 2. The van der Waals surface area contributed by atoms with E-state index in [1.807, 2.05) is 0 Å². The van der Waals surface area contributed by atoms with Crippen LogP contribution in [0.15, 0.2) is 18.2 Å². The van der Waals surface area contributed by atoms with Crippen molar-refractivity contribution >= 4 is 33.4 Å². The van der Waals surface area contributed by atoms with Crippen molar-refractivity contribution in [1.29, 1.82) is 0 Å². The molecular formula is C12H15BrClNO2. The number of hydrogen-bond acceptors (Lipinski definition) is 2. The van der Waals surface area contributed by atoms with E-state index < -0.39 is 0 Å². The molecule has 1 aliphatic heterocycles. The van der Waals surface area contributed by atoms with Crippen molar-refractivity contribution in [2.75, 3.05) is 17.8 Å². The molecule has 0 fully saturated rings. The standard InChI is InChI=1S/C9H9NO2.C3H6BrCl/c11-7-2-1-6-3-4-10-9(12)8(6)5-7;4-2-1-3-5/h1-2,5,11H,3-4H2,(H,10,12);1-3H2. The monoisotopic (exact) mass is 319 g/mol. The summed E-state index contributed by atoms with van der Waals surface area (Å²) in [7, 11) is 0. The molecule has 0 saturated heterocycles. The summed E-state index contributed by atoms with van der Waals surface area (Å²) in [5, 5.41) is 12.9. The van der Waals surface area contributed by atoms with Gasteiger partial charge < -0.3 is 10.4 Å². The number of aromatic hydroxyl groups is 1. The van der Waals surface area contributed by atoms with Crippen molar-refractivity contribution in [3.8, 4) is 5.75 Å². The number of alkyl halides is 2. The molecule has 1 aromatic carbocycles. The number of carbonyl (C=O) groups excluding carboxylic acids is 1. The predicted octanol–water partition coefficient (Wildman–Crippen LogP) is 2.69. The lowest BCUT2D eigenvalue weighted by atomic mass is 10.0. The molecule has 0 spiro atoms. The summed E-state index contributed by atoms with van der Waals surface area (Å²) in [6.45, 7) is 0.691. The quantitative estimate of drug-likeness (QED) is 0.823. The maximum atomic E-state index is 11.2. The number of amides is 1. The predicted molar refractivity (Wildman–Crippen MR) is 73.3 cm³/mol. The van der Waals surface area contributed by atoms with E-state index in [1.54, 1.807) is 12.1 Å². The Labute approximate surface area is 114 Å². The summed E-state index contributed by atoms with van der Waals surface area (Å²) in [4.78, 5) is 11.2. The van der Waals surface area contributed by atoms with Crippen molar-refractivity contribution in [3.05, 3.63) is 29.3 Å². The third kappa shape index (κ3) is 4.56. The topological polar surface area (TPSA) is 49.3 Å². The number of benzene rings is 1. The second-order valence-corrected chi connectivity index (χ2v) is 4.75. The normalized spacial score (nSPS) is 13.2. The number of halogens is 2. The summed E-state index contributed by atoms with van der Waals surface area (Å²) < 4.78 is 0. The molecule has 1 aliphatic rings. The summed E-state index contributed by atoms with van der Waals surface area (Å²) in [6, 6.07) is 4.91. The van der Waals surface area contributed by atoms with Crippen molar-refractivity contribution in [2.24, 2.45) is 0 Å². The molecule has 1 amide bonds. The number of fused-ring (bicyclic) bond motifs is 1. The van der Waals surface area contributed by atoms with Crippen LogP contribution in [0.4, 0.5) is 0 Å². The van der Waals surface area contributed by atoms with E-state index in [1.165, 1.54) is 6.07 Å². The SMILES string of the molecule is ClCCCBr.O=C1NCCc2ccc(O)cc21. The van der Waals surface area contributed by atoms with Crippen LogP contribution in [-0.4, -0.2) is 28.8 Å². The Bertz CT molecular complexity index is 383. The van der Waals surface area contributed by atoms with Gasteiger partial charge in [-0.15, -0.1) is 11.6 Å². The lowest BCUT2D eigenvalue weighted by Gasteiger charge is -2.15. The Kier molecular flexibility index (Phi) is 6.37. The highest BCUT2D eigenvalue weighted by Gasteiger charge is 2.15. The molecule has 0 aromatic heterocycles. The van der Waals surface area contributed by atoms with Crippen LogP contribution in [0.2, 0.25) is 0 Å². The minimum absolute atomic E-state index is 0.0906. The van der Waals surface area contributed by atoms with Gasteiger partial charge in [0.15, 0.2) is 0 Å². The number of phenols is 1. The van der Waals surface area contributed by atoms with Crippen LogP contribution in [-0.2, 0) is 6.42 Å². The van der Waals surface area contributed by atoms with Crippen molar-refractivity contribution in [2.45, 2.75) is 12.8 Å². The van der Waals surface area contributed by atoms with E-state index in [0.717, 1.165) is 29.6 Å². The second kappa shape index (κ2) is 7.56. The van der Waals surface area contributed by atoms with Crippen molar-refractivity contribution in [3.63, 3.8) is 0 Å². The molecule has 0 bridgehead atoms. The van der Waals surface area contributed by atoms with Crippen LogP contribution >= 0.6 is 27.5 Å². The molecule has 0 aliphatic carbocycles. The number of phenolic OH excluding ortho intramolecular Hbond substituents is 1. The molecule has 1 heterocycles. The largest absolute Gasteiger partial charge is 0.508 e. The smallest absolute Gasteiger partial charge is 0.251 e. The molecule has 0 unspecified atom stereocenters. The van der Waals surface area contributed by atoms with Crippen LogP contribution in [0, 0.1) is 0 Å². The second-order valence-electron chi connectivity index (χ2n) is 3.58. The van der Waals surface area contributed by atoms with E-state index in [4.69, 9.17) is 16.7 Å². The summed E-state index contributed by atoms with van der Waals surface area (Å²) in [5.74, 6) is 0.823. The first kappa shape index (κ1) is 14.3. The van der Waals surface area contributed by atoms with Gasteiger partial charge in [-0.3, -0.25) is 4.79 Å². The molecule has 17 heavy (non-hydrogen) atoms. The van der Waals surface area contributed by atoms with Crippen LogP contribution < -0.4 is 5.32 Å². The Balaban J connectivity index is 0.000000249. The Morgan fingerprint density at radius 1 is 1.47 bits per heavy atom. The van der Waals surface area contributed by atoms with Gasteiger partial charge in [-0.05, 0) is 30.5 Å². The third-order valence-corrected chi connectivity index (χ3v) is 3.11. The van der Waals surface area contributed by atoms with Gasteiger partial charge in [0, 0.05) is 23.3 Å². The number of hydrogen-bond donors (Lipinski definition) is 2. The van der Waals surface area contributed by atoms with Gasteiger partial charge in [0.1, 0.15) is 5.75 Å². The first-order valence-corrected chi connectivity index (χ1v) is 7.06. The highest BCUT2D eigenvalue weighted by Crippen LogP contribution is 2.18. The first-order chi connectivity index (χ1) is 8.19. The fourth-order valence-corrected chi connectivity index (χ4v) is 2.19. The Hall–Kier alpha value is -0.740. The Morgan fingerprint density at radius 3 is 2.82 bits per heavy atom. The highest BCUT2D eigenvalue weighted by molar-refractivity contribution is 9.09. The van der Waals surface area contributed by atoms with Crippen molar-refractivity contribution in [1.82, 2.24) is 5.32 Å². The van der Waals surface area contributed by atoms with Crippen molar-refractivity contribution < 1.29 is 9.90 Å². The summed E-state index contributed by atoms with van der Waals surface area (Å²) in [5.41, 5.74) is 1.61. The molecule has 2 rings (SSSR count). The van der Waals surface area contributed by atoms with Gasteiger partial charge >= 0.3 is 0 Å². The molecule has 3 nitrogen and oxygen atoms in total. The summed E-state index contributed by atoms with van der Waals surface area (Å²) >= 11 is 8.50. The van der Waals surface area contributed by atoms with E-state index >= 15 is 0 Å². The fraction of sp³-hybridized carbons (Fsp3) is 0.417. The van der Waals surface area contributed by atoms with Crippen LogP contribution in [0.5, 0.6) is 5.75 Å². The Morgan fingerprint density at radius 2 is 2.24 bits per heavy atom. The summed E-state index contributed by atoms with van der Waals surface area (Å²) in [6.07, 6.45) is 1.92. The van der Waals surface area contributed by atoms with Gasteiger partial charge in [0.05, 0.1) is 0 Å². The number of carbonyl (C=O) groups is 1. The lowest BCUT2D eigenvalue weighted by molar-refractivity contribution is 0.0945.